The lowest BCUT2D eigenvalue weighted by molar-refractivity contribution is -0.566. The molecule has 1 saturated carbocycles. The van der Waals surface area contributed by atoms with Crippen LogP contribution in [0.1, 0.15) is 13.3 Å². The molecule has 0 aliphatic heterocycles. The van der Waals surface area contributed by atoms with Crippen LogP contribution in [0.15, 0.2) is 0 Å². The SMILES string of the molecule is C[C@@]1(O)[C@@H](O)[C@H](O)C[C@H](O)[C@H]1[N+](=O)[O-]. The smallest absolute Gasteiger partial charge is 0.269 e. The van der Waals surface area contributed by atoms with E-state index >= 15 is 0 Å². The van der Waals surface area contributed by atoms with Crippen molar-refractivity contribution in [2.45, 2.75) is 43.3 Å². The molecule has 7 heteroatoms. The second kappa shape index (κ2) is 3.43. The molecular formula is C7H13NO6. The van der Waals surface area contributed by atoms with Crippen LogP contribution in [0.5, 0.6) is 0 Å². The zero-order valence-electron chi connectivity index (χ0n) is 7.57. The summed E-state index contributed by atoms with van der Waals surface area (Å²) in [4.78, 5) is 9.68. The normalized spacial score (nSPS) is 48.9. The van der Waals surface area contributed by atoms with Crippen LogP contribution in [0.2, 0.25) is 0 Å². The van der Waals surface area contributed by atoms with E-state index < -0.39 is 34.9 Å². The Bertz CT molecular complexity index is 242. The second-order valence-electron chi connectivity index (χ2n) is 3.77. The monoisotopic (exact) mass is 207 g/mol. The molecule has 0 bridgehead atoms. The van der Waals surface area contributed by atoms with Gasteiger partial charge in [-0.05, 0) is 6.92 Å². The largest absolute Gasteiger partial charge is 0.390 e. The van der Waals surface area contributed by atoms with Gasteiger partial charge in [-0.25, -0.2) is 0 Å². The van der Waals surface area contributed by atoms with E-state index in [4.69, 9.17) is 0 Å². The highest BCUT2D eigenvalue weighted by Gasteiger charge is 2.57. The highest BCUT2D eigenvalue weighted by Crippen LogP contribution is 2.30. The molecule has 1 aliphatic carbocycles. The molecule has 0 spiro atoms. The number of rotatable bonds is 1. The van der Waals surface area contributed by atoms with E-state index in [9.17, 15) is 30.5 Å². The molecule has 0 unspecified atom stereocenters. The average molecular weight is 207 g/mol. The van der Waals surface area contributed by atoms with Crippen LogP contribution >= 0.6 is 0 Å². The quantitative estimate of drug-likeness (QED) is 0.287. The second-order valence-corrected chi connectivity index (χ2v) is 3.77. The summed E-state index contributed by atoms with van der Waals surface area (Å²) in [5.74, 6) is 0. The standard InChI is InChI=1S/C7H13NO6/c1-7(12)5(8(13)14)3(9)2-4(10)6(7)11/h3-6,9-12H,2H2,1H3/t3-,4+,5+,6-,7-/m0/s1. The van der Waals surface area contributed by atoms with Crippen LogP contribution in [0.4, 0.5) is 0 Å². The van der Waals surface area contributed by atoms with Gasteiger partial charge in [0.25, 0.3) is 6.04 Å². The first kappa shape index (κ1) is 11.3. The Morgan fingerprint density at radius 3 is 2.29 bits per heavy atom. The van der Waals surface area contributed by atoms with Crippen LogP contribution in [0.25, 0.3) is 0 Å². The van der Waals surface area contributed by atoms with Gasteiger partial charge < -0.3 is 20.4 Å². The minimum absolute atomic E-state index is 0.317. The molecule has 14 heavy (non-hydrogen) atoms. The van der Waals surface area contributed by atoms with Gasteiger partial charge in [-0.1, -0.05) is 0 Å². The molecule has 0 aromatic rings. The van der Waals surface area contributed by atoms with Crippen molar-refractivity contribution in [2.75, 3.05) is 0 Å². The first-order valence-corrected chi connectivity index (χ1v) is 4.18. The molecule has 0 aromatic carbocycles. The third-order valence-corrected chi connectivity index (χ3v) is 2.64. The summed E-state index contributed by atoms with van der Waals surface area (Å²) in [6.45, 7) is 1.02. The van der Waals surface area contributed by atoms with E-state index in [-0.39, 0.29) is 6.42 Å². The molecule has 5 atom stereocenters. The van der Waals surface area contributed by atoms with Gasteiger partial charge >= 0.3 is 0 Å². The van der Waals surface area contributed by atoms with Crippen molar-refractivity contribution in [3.63, 3.8) is 0 Å². The first-order chi connectivity index (χ1) is 6.28. The molecule has 82 valence electrons. The molecule has 4 N–H and O–H groups in total. The van der Waals surface area contributed by atoms with Crippen LogP contribution in [-0.2, 0) is 0 Å². The number of hydrogen-bond donors (Lipinski definition) is 4. The maximum atomic E-state index is 10.5. The van der Waals surface area contributed by atoms with Gasteiger partial charge in [0.2, 0.25) is 0 Å². The lowest BCUT2D eigenvalue weighted by atomic mass is 9.76. The summed E-state index contributed by atoms with van der Waals surface area (Å²) < 4.78 is 0. The van der Waals surface area contributed by atoms with Gasteiger partial charge in [-0.15, -0.1) is 0 Å². The Morgan fingerprint density at radius 2 is 1.86 bits per heavy atom. The third kappa shape index (κ3) is 1.59. The fraction of sp³-hybridized carbons (Fsp3) is 1.00. The lowest BCUT2D eigenvalue weighted by Gasteiger charge is -2.40. The van der Waals surface area contributed by atoms with Crippen LogP contribution in [0, 0.1) is 10.1 Å². The molecular weight excluding hydrogens is 194 g/mol. The fourth-order valence-corrected chi connectivity index (χ4v) is 1.81. The molecule has 1 rings (SSSR count). The van der Waals surface area contributed by atoms with Crippen molar-refractivity contribution in [3.05, 3.63) is 10.1 Å². The first-order valence-electron chi connectivity index (χ1n) is 4.18. The lowest BCUT2D eigenvalue weighted by Crippen LogP contribution is -2.66. The number of hydrogen-bond acceptors (Lipinski definition) is 6. The minimum Gasteiger partial charge on any atom is -0.390 e. The van der Waals surface area contributed by atoms with E-state index in [1.165, 1.54) is 0 Å². The van der Waals surface area contributed by atoms with Gasteiger partial charge in [0.05, 0.1) is 6.10 Å². The van der Waals surface area contributed by atoms with Gasteiger partial charge in [0, 0.05) is 11.3 Å². The maximum Gasteiger partial charge on any atom is 0.269 e. The van der Waals surface area contributed by atoms with E-state index in [0.717, 1.165) is 6.92 Å². The molecule has 1 aliphatic rings. The van der Waals surface area contributed by atoms with Crippen LogP contribution in [0.3, 0.4) is 0 Å². The fourth-order valence-electron chi connectivity index (χ4n) is 1.81. The predicted molar refractivity (Wildman–Crippen MR) is 44.0 cm³/mol. The van der Waals surface area contributed by atoms with E-state index in [0.29, 0.717) is 0 Å². The number of aliphatic hydroxyl groups excluding tert-OH is 3. The predicted octanol–water partition coefficient (Wildman–Crippen LogP) is -2.13. The highest BCUT2D eigenvalue weighted by molar-refractivity contribution is 5.01. The Balaban J connectivity index is 2.99. The summed E-state index contributed by atoms with van der Waals surface area (Å²) in [6.07, 6.45) is -4.75. The molecule has 0 radical (unpaired) electrons. The van der Waals surface area contributed by atoms with E-state index in [2.05, 4.69) is 0 Å². The van der Waals surface area contributed by atoms with Crippen molar-refractivity contribution >= 4 is 0 Å². The zero-order chi connectivity index (χ0) is 11.1. The topological polar surface area (TPSA) is 124 Å². The summed E-state index contributed by atoms with van der Waals surface area (Å²) in [5, 5.41) is 47.9. The number of nitro groups is 1. The summed E-state index contributed by atoms with van der Waals surface area (Å²) in [5.41, 5.74) is -2.12. The molecule has 0 aromatic heterocycles. The van der Waals surface area contributed by atoms with Crippen LogP contribution in [-0.4, -0.2) is 55.3 Å². The van der Waals surface area contributed by atoms with Gasteiger partial charge in [0.15, 0.2) is 5.60 Å². The maximum absolute atomic E-state index is 10.5. The average Bonchev–Trinajstić information content (AvgIpc) is 1.98. The van der Waals surface area contributed by atoms with E-state index in [1.807, 2.05) is 0 Å². The van der Waals surface area contributed by atoms with Crippen molar-refractivity contribution in [3.8, 4) is 0 Å². The number of nitrogens with zero attached hydrogens (tertiary/aromatic N) is 1. The van der Waals surface area contributed by atoms with Crippen molar-refractivity contribution < 1.29 is 25.3 Å². The molecule has 0 heterocycles. The minimum atomic E-state index is -2.12. The van der Waals surface area contributed by atoms with Crippen LogP contribution < -0.4 is 0 Å². The summed E-state index contributed by atoms with van der Waals surface area (Å²) >= 11 is 0. The van der Waals surface area contributed by atoms with Gasteiger partial charge in [-0.2, -0.15) is 0 Å². The Hall–Kier alpha value is -0.760. The summed E-state index contributed by atoms with van der Waals surface area (Å²) in [6, 6.07) is -1.68. The van der Waals surface area contributed by atoms with Crippen molar-refractivity contribution in [2.24, 2.45) is 0 Å². The highest BCUT2D eigenvalue weighted by atomic mass is 16.6. The Kier molecular flexibility index (Phi) is 2.77. The Morgan fingerprint density at radius 1 is 1.36 bits per heavy atom. The van der Waals surface area contributed by atoms with Crippen molar-refractivity contribution in [1.82, 2.24) is 0 Å². The van der Waals surface area contributed by atoms with Crippen molar-refractivity contribution in [1.29, 1.82) is 0 Å². The molecule has 1 fully saturated rings. The molecule has 7 nitrogen and oxygen atoms in total. The van der Waals surface area contributed by atoms with E-state index in [1.54, 1.807) is 0 Å². The summed E-state index contributed by atoms with van der Waals surface area (Å²) in [7, 11) is 0. The molecule has 0 amide bonds. The van der Waals surface area contributed by atoms with Gasteiger partial charge in [-0.3, -0.25) is 10.1 Å². The third-order valence-electron chi connectivity index (χ3n) is 2.64. The zero-order valence-corrected chi connectivity index (χ0v) is 7.57. The molecule has 0 saturated heterocycles. The van der Waals surface area contributed by atoms with Gasteiger partial charge in [0.1, 0.15) is 12.2 Å². The number of aliphatic hydroxyl groups is 4. The Labute approximate surface area is 79.8 Å².